The average Bonchev–Trinajstić information content (AvgIpc) is 3.06. The Kier molecular flexibility index (Phi) is 3.31. The first kappa shape index (κ1) is 12.9. The standard InChI is InChI=1S/C14H16N4OS/c1-9-4-5-10(19-9)8-18(3)12-11-6-7-20-13(11)17-14(15-2)16-12/h4-7H,8H2,1-3H3,(H,15,16,17). The first-order valence-electron chi connectivity index (χ1n) is 6.37. The topological polar surface area (TPSA) is 54.2 Å². The molecule has 1 N–H and O–H groups in total. The molecule has 104 valence electrons. The molecule has 0 fully saturated rings. The molecule has 0 saturated heterocycles. The number of aromatic nitrogens is 2. The van der Waals surface area contributed by atoms with E-state index in [0.717, 1.165) is 27.6 Å². The summed E-state index contributed by atoms with van der Waals surface area (Å²) >= 11 is 1.62. The zero-order valence-corrected chi connectivity index (χ0v) is 12.5. The van der Waals surface area contributed by atoms with Gasteiger partial charge >= 0.3 is 0 Å². The number of nitrogens with one attached hydrogen (secondary N) is 1. The summed E-state index contributed by atoms with van der Waals surface area (Å²) in [4.78, 5) is 12.1. The Balaban J connectivity index is 1.97. The molecule has 3 aromatic heterocycles. The molecule has 0 atom stereocenters. The van der Waals surface area contributed by atoms with Crippen LogP contribution in [0.2, 0.25) is 0 Å². The van der Waals surface area contributed by atoms with Crippen molar-refractivity contribution in [3.05, 3.63) is 35.1 Å². The van der Waals surface area contributed by atoms with Crippen molar-refractivity contribution in [3.63, 3.8) is 0 Å². The van der Waals surface area contributed by atoms with Gasteiger partial charge in [-0.3, -0.25) is 0 Å². The molecule has 20 heavy (non-hydrogen) atoms. The second kappa shape index (κ2) is 5.13. The van der Waals surface area contributed by atoms with E-state index in [1.165, 1.54) is 0 Å². The van der Waals surface area contributed by atoms with Crippen molar-refractivity contribution in [2.45, 2.75) is 13.5 Å². The Bertz CT molecular complexity index is 734. The number of thiophene rings is 1. The molecule has 3 heterocycles. The zero-order valence-electron chi connectivity index (χ0n) is 11.7. The van der Waals surface area contributed by atoms with Crippen LogP contribution in [-0.4, -0.2) is 24.1 Å². The van der Waals surface area contributed by atoms with Gasteiger partial charge in [-0.25, -0.2) is 4.98 Å². The molecule has 0 amide bonds. The monoisotopic (exact) mass is 288 g/mol. The van der Waals surface area contributed by atoms with Gasteiger partial charge in [0.25, 0.3) is 0 Å². The average molecular weight is 288 g/mol. The Morgan fingerprint density at radius 2 is 2.15 bits per heavy atom. The normalized spacial score (nSPS) is 10.9. The van der Waals surface area contributed by atoms with Crippen LogP contribution >= 0.6 is 11.3 Å². The second-order valence-electron chi connectivity index (χ2n) is 4.63. The van der Waals surface area contributed by atoms with E-state index in [0.29, 0.717) is 12.5 Å². The molecule has 0 bridgehead atoms. The van der Waals surface area contributed by atoms with Gasteiger partial charge in [0.2, 0.25) is 5.95 Å². The molecular weight excluding hydrogens is 272 g/mol. The van der Waals surface area contributed by atoms with Crippen molar-refractivity contribution in [1.82, 2.24) is 9.97 Å². The molecule has 0 aliphatic heterocycles. The number of hydrogen-bond acceptors (Lipinski definition) is 6. The molecule has 0 spiro atoms. The maximum absolute atomic E-state index is 5.63. The lowest BCUT2D eigenvalue weighted by Gasteiger charge is -2.18. The van der Waals surface area contributed by atoms with Crippen molar-refractivity contribution in [2.24, 2.45) is 0 Å². The molecule has 0 saturated carbocycles. The number of fused-ring (bicyclic) bond motifs is 1. The van der Waals surface area contributed by atoms with Crippen LogP contribution in [0.3, 0.4) is 0 Å². The van der Waals surface area contributed by atoms with E-state index in [4.69, 9.17) is 4.42 Å². The fourth-order valence-corrected chi connectivity index (χ4v) is 2.88. The van der Waals surface area contributed by atoms with Crippen molar-refractivity contribution < 1.29 is 4.42 Å². The number of hydrogen-bond donors (Lipinski definition) is 1. The van der Waals surface area contributed by atoms with E-state index in [-0.39, 0.29) is 0 Å². The van der Waals surface area contributed by atoms with Gasteiger partial charge in [-0.1, -0.05) is 0 Å². The quantitative estimate of drug-likeness (QED) is 0.798. The van der Waals surface area contributed by atoms with E-state index < -0.39 is 0 Å². The molecule has 0 unspecified atom stereocenters. The third kappa shape index (κ3) is 2.34. The van der Waals surface area contributed by atoms with Crippen LogP contribution < -0.4 is 10.2 Å². The smallest absolute Gasteiger partial charge is 0.225 e. The van der Waals surface area contributed by atoms with Crippen molar-refractivity contribution in [2.75, 3.05) is 24.3 Å². The summed E-state index contributed by atoms with van der Waals surface area (Å²) in [5.74, 6) is 3.40. The molecule has 6 heteroatoms. The highest BCUT2D eigenvalue weighted by atomic mass is 32.1. The maximum atomic E-state index is 5.63. The largest absolute Gasteiger partial charge is 0.464 e. The third-order valence-electron chi connectivity index (χ3n) is 3.08. The van der Waals surface area contributed by atoms with Gasteiger partial charge in [0.1, 0.15) is 22.2 Å². The summed E-state index contributed by atoms with van der Waals surface area (Å²) in [5, 5.41) is 6.11. The van der Waals surface area contributed by atoms with Crippen LogP contribution in [0.1, 0.15) is 11.5 Å². The molecule has 3 rings (SSSR count). The highest BCUT2D eigenvalue weighted by molar-refractivity contribution is 7.16. The Labute approximate surface area is 121 Å². The maximum Gasteiger partial charge on any atom is 0.225 e. The van der Waals surface area contributed by atoms with Crippen molar-refractivity contribution >= 4 is 33.3 Å². The lowest BCUT2D eigenvalue weighted by atomic mass is 10.3. The Hall–Kier alpha value is -2.08. The highest BCUT2D eigenvalue weighted by Crippen LogP contribution is 2.29. The van der Waals surface area contributed by atoms with E-state index in [2.05, 4.69) is 26.3 Å². The Morgan fingerprint density at radius 1 is 1.30 bits per heavy atom. The second-order valence-corrected chi connectivity index (χ2v) is 5.52. The fraction of sp³-hybridized carbons (Fsp3) is 0.286. The van der Waals surface area contributed by atoms with E-state index in [1.54, 1.807) is 11.3 Å². The Morgan fingerprint density at radius 3 is 2.85 bits per heavy atom. The SMILES string of the molecule is CNc1nc(N(C)Cc2ccc(C)o2)c2ccsc2n1. The first-order valence-corrected chi connectivity index (χ1v) is 7.25. The van der Waals surface area contributed by atoms with Gasteiger partial charge < -0.3 is 14.6 Å². The number of aryl methyl sites for hydroxylation is 1. The summed E-state index contributed by atoms with van der Waals surface area (Å²) in [7, 11) is 3.84. The lowest BCUT2D eigenvalue weighted by Crippen LogP contribution is -2.18. The minimum Gasteiger partial charge on any atom is -0.464 e. The summed E-state index contributed by atoms with van der Waals surface area (Å²) in [6, 6.07) is 6.03. The van der Waals surface area contributed by atoms with E-state index in [1.807, 2.05) is 38.5 Å². The predicted molar refractivity (Wildman–Crippen MR) is 82.5 cm³/mol. The molecule has 0 aromatic carbocycles. The number of furan rings is 1. The van der Waals surface area contributed by atoms with Crippen LogP contribution in [0, 0.1) is 6.92 Å². The van der Waals surface area contributed by atoms with Crippen LogP contribution in [0.15, 0.2) is 28.0 Å². The summed E-state index contributed by atoms with van der Waals surface area (Å²) in [6.07, 6.45) is 0. The van der Waals surface area contributed by atoms with E-state index in [9.17, 15) is 0 Å². The third-order valence-corrected chi connectivity index (χ3v) is 3.89. The summed E-state index contributed by atoms with van der Waals surface area (Å²) < 4.78 is 5.63. The van der Waals surface area contributed by atoms with Gasteiger partial charge in [-0.05, 0) is 30.5 Å². The van der Waals surface area contributed by atoms with Crippen LogP contribution in [0.4, 0.5) is 11.8 Å². The predicted octanol–water partition coefficient (Wildman–Crippen LogP) is 3.27. The number of rotatable bonds is 4. The van der Waals surface area contributed by atoms with Gasteiger partial charge in [0.15, 0.2) is 0 Å². The van der Waals surface area contributed by atoms with Gasteiger partial charge in [-0.2, -0.15) is 4.98 Å². The molecule has 0 radical (unpaired) electrons. The van der Waals surface area contributed by atoms with Crippen molar-refractivity contribution in [1.29, 1.82) is 0 Å². The fourth-order valence-electron chi connectivity index (χ4n) is 2.12. The molecule has 0 aliphatic rings. The molecule has 0 aliphatic carbocycles. The highest BCUT2D eigenvalue weighted by Gasteiger charge is 2.13. The number of nitrogens with zero attached hydrogens (tertiary/aromatic N) is 3. The lowest BCUT2D eigenvalue weighted by molar-refractivity contribution is 0.481. The van der Waals surface area contributed by atoms with Gasteiger partial charge in [0.05, 0.1) is 11.9 Å². The zero-order chi connectivity index (χ0) is 14.1. The summed E-state index contributed by atoms with van der Waals surface area (Å²) in [6.45, 7) is 2.63. The van der Waals surface area contributed by atoms with Crippen LogP contribution in [0.5, 0.6) is 0 Å². The number of anilines is 2. The van der Waals surface area contributed by atoms with E-state index >= 15 is 0 Å². The van der Waals surface area contributed by atoms with Crippen molar-refractivity contribution in [3.8, 4) is 0 Å². The minimum absolute atomic E-state index is 0.637. The van der Waals surface area contributed by atoms with Gasteiger partial charge in [0, 0.05) is 14.1 Å². The van der Waals surface area contributed by atoms with Crippen LogP contribution in [0.25, 0.3) is 10.2 Å². The molecule has 5 nitrogen and oxygen atoms in total. The minimum atomic E-state index is 0.637. The summed E-state index contributed by atoms with van der Waals surface area (Å²) in [5.41, 5.74) is 0. The molecule has 3 aromatic rings. The first-order chi connectivity index (χ1) is 9.67. The van der Waals surface area contributed by atoms with Crippen LogP contribution in [-0.2, 0) is 6.54 Å². The van der Waals surface area contributed by atoms with Gasteiger partial charge in [-0.15, -0.1) is 11.3 Å². The molecular formula is C14H16N4OS.